The van der Waals surface area contributed by atoms with Crippen molar-refractivity contribution in [2.45, 2.75) is 116 Å². The number of rotatable bonds is 16. The van der Waals surface area contributed by atoms with E-state index in [9.17, 15) is 14.7 Å². The number of aliphatic hydroxyl groups excluding tert-OH is 1. The molecule has 7 nitrogen and oxygen atoms in total. The number of epoxide rings is 1. The van der Waals surface area contributed by atoms with Crippen LogP contribution in [0.15, 0.2) is 84.5 Å². The van der Waals surface area contributed by atoms with Gasteiger partial charge in [-0.15, -0.1) is 0 Å². The molecule has 0 spiro atoms. The predicted octanol–water partition coefficient (Wildman–Crippen LogP) is 6.99. The van der Waals surface area contributed by atoms with Gasteiger partial charge in [-0.2, -0.15) is 0 Å². The molecule has 270 valence electrons. The Hall–Kier alpha value is -2.67. The molecule has 0 aromatic heterocycles. The van der Waals surface area contributed by atoms with E-state index in [1.165, 1.54) is 17.5 Å². The van der Waals surface area contributed by atoms with Crippen LogP contribution >= 0.6 is 0 Å². The molecular formula is C40H60O7Si2. The van der Waals surface area contributed by atoms with Gasteiger partial charge >= 0.3 is 5.97 Å². The third kappa shape index (κ3) is 9.57. The molecule has 2 aromatic rings. The predicted molar refractivity (Wildman–Crippen MR) is 203 cm³/mol. The molecule has 0 amide bonds. The van der Waals surface area contributed by atoms with Crippen LogP contribution in [0, 0.1) is 11.8 Å². The Bertz CT molecular complexity index is 1420. The zero-order chi connectivity index (χ0) is 36.9. The Balaban J connectivity index is 1.71. The van der Waals surface area contributed by atoms with Crippen molar-refractivity contribution in [2.75, 3.05) is 13.7 Å². The standard InChI is InChI=1S/C40H60O7Si2/c1-27(26-45-49(40(8,9)10,31-20-16-14-17-21-31)32-22-18-15-19-23-32)24-28(2)33(41)25-34(42)29(3)35-37(46-35)36(30(4)38(43)44-11)47-48(12,13)39(5,6)7/h14-24,28,30,34-37,42H,3,25-26H2,1-2,4-13H3/b27-24+/t28-,30-,34+,35+,36-,37-/m1/s1. The van der Waals surface area contributed by atoms with E-state index in [1.807, 2.05) is 32.1 Å². The van der Waals surface area contributed by atoms with Gasteiger partial charge < -0.3 is 23.4 Å². The molecule has 0 aliphatic carbocycles. The summed E-state index contributed by atoms with van der Waals surface area (Å²) in [5.41, 5.74) is 1.37. The largest absolute Gasteiger partial charge is 0.469 e. The lowest BCUT2D eigenvalue weighted by molar-refractivity contribution is -0.148. The van der Waals surface area contributed by atoms with Gasteiger partial charge in [-0.1, -0.05) is 127 Å². The van der Waals surface area contributed by atoms with Crippen LogP contribution in [0.1, 0.15) is 68.7 Å². The molecule has 1 aliphatic rings. The van der Waals surface area contributed by atoms with Gasteiger partial charge in [0.2, 0.25) is 0 Å². The molecule has 6 atom stereocenters. The number of allylic oxidation sites excluding steroid dienone is 1. The van der Waals surface area contributed by atoms with Crippen molar-refractivity contribution in [3.05, 3.63) is 84.5 Å². The highest BCUT2D eigenvalue weighted by molar-refractivity contribution is 6.99. The first-order valence-corrected chi connectivity index (χ1v) is 22.2. The number of Topliss-reactive ketones (excluding diaryl/α,β-unsaturated/α-hetero) is 1. The molecule has 1 heterocycles. The molecule has 0 unspecified atom stereocenters. The Labute approximate surface area is 297 Å². The third-order valence-electron chi connectivity index (χ3n) is 10.3. The van der Waals surface area contributed by atoms with Crippen LogP contribution < -0.4 is 10.4 Å². The maximum atomic E-state index is 13.4. The van der Waals surface area contributed by atoms with E-state index < -0.39 is 52.9 Å². The second-order valence-electron chi connectivity index (χ2n) is 16.2. The molecular weight excluding hydrogens is 649 g/mol. The van der Waals surface area contributed by atoms with Crippen molar-refractivity contribution >= 4 is 38.8 Å². The summed E-state index contributed by atoms with van der Waals surface area (Å²) in [6.07, 6.45) is -0.776. The highest BCUT2D eigenvalue weighted by Gasteiger charge is 2.54. The number of carbonyl (C=O) groups is 2. The molecule has 3 rings (SSSR count). The molecule has 0 saturated carbocycles. The molecule has 0 bridgehead atoms. The second-order valence-corrected chi connectivity index (χ2v) is 25.3. The molecule has 1 N–H and O–H groups in total. The first kappa shape index (κ1) is 40.8. The smallest absolute Gasteiger partial charge is 0.311 e. The normalized spacial score (nSPS) is 19.8. The lowest BCUT2D eigenvalue weighted by atomic mass is 9.92. The summed E-state index contributed by atoms with van der Waals surface area (Å²) in [4.78, 5) is 26.0. The minimum absolute atomic E-state index is 0.0826. The number of aliphatic hydroxyl groups is 1. The summed E-state index contributed by atoms with van der Waals surface area (Å²) >= 11 is 0. The molecule has 1 aliphatic heterocycles. The highest BCUT2D eigenvalue weighted by atomic mass is 28.4. The Morgan fingerprint density at radius 2 is 1.45 bits per heavy atom. The van der Waals surface area contributed by atoms with E-state index >= 15 is 0 Å². The van der Waals surface area contributed by atoms with Crippen LogP contribution in [0.4, 0.5) is 0 Å². The molecule has 1 saturated heterocycles. The fourth-order valence-electron chi connectivity index (χ4n) is 6.21. The van der Waals surface area contributed by atoms with Crippen LogP contribution in [0.25, 0.3) is 0 Å². The average Bonchev–Trinajstić information content (AvgIpc) is 3.83. The number of methoxy groups -OCH3 is 1. The van der Waals surface area contributed by atoms with Crippen LogP contribution in [0.3, 0.4) is 0 Å². The minimum Gasteiger partial charge on any atom is -0.469 e. The first-order valence-electron chi connectivity index (χ1n) is 17.4. The van der Waals surface area contributed by atoms with E-state index in [2.05, 4.69) is 110 Å². The van der Waals surface area contributed by atoms with Gasteiger partial charge in [-0.25, -0.2) is 0 Å². The average molecular weight is 709 g/mol. The van der Waals surface area contributed by atoms with Crippen molar-refractivity contribution in [3.63, 3.8) is 0 Å². The van der Waals surface area contributed by atoms with Crippen molar-refractivity contribution in [3.8, 4) is 0 Å². The van der Waals surface area contributed by atoms with E-state index in [0.29, 0.717) is 12.2 Å². The lowest BCUT2D eigenvalue weighted by Gasteiger charge is -2.43. The Morgan fingerprint density at radius 3 is 1.90 bits per heavy atom. The number of hydrogen-bond donors (Lipinski definition) is 1. The van der Waals surface area contributed by atoms with Gasteiger partial charge in [-0.05, 0) is 53.0 Å². The van der Waals surface area contributed by atoms with Crippen LogP contribution in [0.2, 0.25) is 23.2 Å². The molecule has 0 radical (unpaired) electrons. The van der Waals surface area contributed by atoms with E-state index in [0.717, 1.165) is 5.57 Å². The molecule has 49 heavy (non-hydrogen) atoms. The second kappa shape index (κ2) is 16.1. The fourth-order valence-corrected chi connectivity index (χ4v) is 12.2. The third-order valence-corrected chi connectivity index (χ3v) is 19.8. The quantitative estimate of drug-likeness (QED) is 0.0870. The monoisotopic (exact) mass is 708 g/mol. The number of ketones is 1. The number of esters is 1. The van der Waals surface area contributed by atoms with Crippen molar-refractivity contribution in [2.24, 2.45) is 11.8 Å². The summed E-state index contributed by atoms with van der Waals surface area (Å²) in [5, 5.41) is 13.3. The van der Waals surface area contributed by atoms with E-state index in [1.54, 1.807) is 6.92 Å². The lowest BCUT2D eigenvalue weighted by Crippen LogP contribution is -2.66. The van der Waals surface area contributed by atoms with Crippen LogP contribution in [-0.4, -0.2) is 71.6 Å². The number of hydrogen-bond acceptors (Lipinski definition) is 7. The van der Waals surface area contributed by atoms with Crippen LogP contribution in [-0.2, 0) is 27.9 Å². The van der Waals surface area contributed by atoms with Crippen molar-refractivity contribution in [1.82, 2.24) is 0 Å². The molecule has 9 heteroatoms. The van der Waals surface area contributed by atoms with Gasteiger partial charge in [0.15, 0.2) is 8.32 Å². The Morgan fingerprint density at radius 1 is 0.939 bits per heavy atom. The fraction of sp³-hybridized carbons (Fsp3) is 0.550. The number of benzene rings is 2. The summed E-state index contributed by atoms with van der Waals surface area (Å²) in [7, 11) is -3.64. The van der Waals surface area contributed by atoms with E-state index in [-0.39, 0.29) is 28.2 Å². The zero-order valence-electron chi connectivity index (χ0n) is 31.8. The topological polar surface area (TPSA) is 94.6 Å². The van der Waals surface area contributed by atoms with Gasteiger partial charge in [0.25, 0.3) is 8.32 Å². The molecule has 1 fully saturated rings. The summed E-state index contributed by atoms with van der Waals surface area (Å²) in [6, 6.07) is 21.0. The maximum Gasteiger partial charge on any atom is 0.311 e. The van der Waals surface area contributed by atoms with Gasteiger partial charge in [0, 0.05) is 12.3 Å². The summed E-state index contributed by atoms with van der Waals surface area (Å²) in [5.74, 6) is -1.49. The first-order chi connectivity index (χ1) is 22.7. The SMILES string of the molecule is C=C([C@@H](O)CC(=O)[C@H](C)/C=C(\C)CO[Si](c1ccccc1)(c1ccccc1)C(C)(C)C)[C@@H]1O[C@H]1[C@H](O[Si](C)(C)C(C)(C)C)[C@@H](C)C(=O)OC. The Kier molecular flexibility index (Phi) is 13.4. The van der Waals surface area contributed by atoms with Gasteiger partial charge in [0.1, 0.15) is 18.0 Å². The summed E-state index contributed by atoms with van der Waals surface area (Å²) in [6.45, 7) is 27.5. The minimum atomic E-state index is -2.72. The zero-order valence-corrected chi connectivity index (χ0v) is 33.8. The van der Waals surface area contributed by atoms with Crippen LogP contribution in [0.5, 0.6) is 0 Å². The number of ether oxygens (including phenoxy) is 2. The van der Waals surface area contributed by atoms with Crippen molar-refractivity contribution in [1.29, 1.82) is 0 Å². The summed E-state index contributed by atoms with van der Waals surface area (Å²) < 4.78 is 24.7. The highest BCUT2D eigenvalue weighted by Crippen LogP contribution is 2.43. The van der Waals surface area contributed by atoms with Gasteiger partial charge in [0.05, 0.1) is 31.8 Å². The number of carbonyl (C=O) groups excluding carboxylic acids is 2. The van der Waals surface area contributed by atoms with Crippen molar-refractivity contribution < 1.29 is 33.0 Å². The van der Waals surface area contributed by atoms with Gasteiger partial charge in [-0.3, -0.25) is 9.59 Å². The molecule has 2 aromatic carbocycles. The maximum absolute atomic E-state index is 13.4. The van der Waals surface area contributed by atoms with E-state index in [4.69, 9.17) is 18.3 Å².